The van der Waals surface area contributed by atoms with Gasteiger partial charge >= 0.3 is 0 Å². The van der Waals surface area contributed by atoms with Gasteiger partial charge in [0.15, 0.2) is 0 Å². The fourth-order valence-electron chi connectivity index (χ4n) is 1.68. The number of amides is 1. The van der Waals surface area contributed by atoms with Crippen molar-refractivity contribution in [1.82, 2.24) is 0 Å². The first-order valence-electron chi connectivity index (χ1n) is 4.76. The van der Waals surface area contributed by atoms with Crippen LogP contribution in [0.15, 0.2) is 18.2 Å². The van der Waals surface area contributed by atoms with Crippen LogP contribution < -0.4 is 4.90 Å². The summed E-state index contributed by atoms with van der Waals surface area (Å²) in [7, 11) is 0. The fourth-order valence-corrected chi connectivity index (χ4v) is 2.24. The fraction of sp³-hybridized carbons (Fsp3) is 0.273. The maximum Gasteiger partial charge on any atom is 0.228 e. The van der Waals surface area contributed by atoms with E-state index in [-0.39, 0.29) is 16.3 Å². The average molecular weight is 283 g/mol. The highest BCUT2D eigenvalue weighted by atomic mass is 79.9. The first kappa shape index (κ1) is 11.1. The zero-order valence-electron chi connectivity index (χ0n) is 8.28. The average Bonchev–Trinajstić information content (AvgIpc) is 2.58. The predicted octanol–water partition coefficient (Wildman–Crippen LogP) is 2.20. The van der Waals surface area contributed by atoms with Crippen molar-refractivity contribution >= 4 is 27.5 Å². The van der Waals surface area contributed by atoms with Gasteiger partial charge in [-0.05, 0) is 18.2 Å². The molecule has 0 N–H and O–H groups in total. The van der Waals surface area contributed by atoms with Crippen molar-refractivity contribution < 1.29 is 9.18 Å². The summed E-state index contributed by atoms with van der Waals surface area (Å²) in [6.45, 7) is 0.532. The third-order valence-electron chi connectivity index (χ3n) is 2.46. The Morgan fingerprint density at radius 1 is 1.56 bits per heavy atom. The molecule has 0 saturated carbocycles. The van der Waals surface area contributed by atoms with Crippen LogP contribution in [0, 0.1) is 17.1 Å². The minimum Gasteiger partial charge on any atom is -0.311 e. The van der Waals surface area contributed by atoms with E-state index in [1.807, 2.05) is 0 Å². The molecule has 82 valence electrons. The summed E-state index contributed by atoms with van der Waals surface area (Å²) >= 11 is 3.35. The van der Waals surface area contributed by atoms with Crippen LogP contribution in [0.3, 0.4) is 0 Å². The van der Waals surface area contributed by atoms with Crippen LogP contribution in [0.2, 0.25) is 0 Å². The first-order chi connectivity index (χ1) is 7.61. The molecule has 0 aromatic heterocycles. The molecule has 1 aliphatic rings. The number of hydrogen-bond donors (Lipinski definition) is 0. The number of nitrogens with zero attached hydrogens (tertiary/aromatic N) is 2. The Hall–Kier alpha value is -1.41. The molecule has 16 heavy (non-hydrogen) atoms. The van der Waals surface area contributed by atoms with Crippen LogP contribution in [0.5, 0.6) is 0 Å². The molecule has 0 spiro atoms. The molecule has 0 radical (unpaired) electrons. The molecule has 1 amide bonds. The SMILES string of the molecule is N#Cc1ccc(N2CC(Br)CC2=O)cc1F. The number of carbonyl (C=O) groups excluding carboxylic acids is 1. The molecule has 1 atom stereocenters. The number of rotatable bonds is 1. The van der Waals surface area contributed by atoms with Crippen molar-refractivity contribution in [2.75, 3.05) is 11.4 Å². The number of anilines is 1. The highest BCUT2D eigenvalue weighted by molar-refractivity contribution is 9.09. The summed E-state index contributed by atoms with van der Waals surface area (Å²) in [4.78, 5) is 13.2. The number of benzene rings is 1. The molecular weight excluding hydrogens is 275 g/mol. The normalized spacial score (nSPS) is 19.9. The van der Waals surface area contributed by atoms with Crippen LogP contribution in [-0.2, 0) is 4.79 Å². The van der Waals surface area contributed by atoms with E-state index in [0.29, 0.717) is 18.7 Å². The van der Waals surface area contributed by atoms with E-state index in [2.05, 4.69) is 15.9 Å². The van der Waals surface area contributed by atoms with E-state index in [1.165, 1.54) is 17.0 Å². The lowest BCUT2D eigenvalue weighted by Crippen LogP contribution is -2.24. The molecule has 5 heteroatoms. The number of hydrogen-bond acceptors (Lipinski definition) is 2. The lowest BCUT2D eigenvalue weighted by molar-refractivity contribution is -0.117. The van der Waals surface area contributed by atoms with E-state index >= 15 is 0 Å². The van der Waals surface area contributed by atoms with Crippen molar-refractivity contribution in [3.8, 4) is 6.07 Å². The van der Waals surface area contributed by atoms with Gasteiger partial charge in [-0.2, -0.15) is 5.26 Å². The molecule has 1 aromatic rings. The third kappa shape index (κ3) is 1.93. The van der Waals surface area contributed by atoms with Crippen LogP contribution in [0.1, 0.15) is 12.0 Å². The van der Waals surface area contributed by atoms with E-state index < -0.39 is 5.82 Å². The Morgan fingerprint density at radius 2 is 2.31 bits per heavy atom. The van der Waals surface area contributed by atoms with Crippen molar-refractivity contribution in [2.45, 2.75) is 11.2 Å². The van der Waals surface area contributed by atoms with Crippen molar-refractivity contribution in [2.24, 2.45) is 0 Å². The molecule has 1 unspecified atom stereocenters. The van der Waals surface area contributed by atoms with E-state index in [0.717, 1.165) is 0 Å². The second kappa shape index (κ2) is 4.22. The molecule has 2 rings (SSSR count). The summed E-state index contributed by atoms with van der Waals surface area (Å²) in [6.07, 6.45) is 0.418. The Bertz CT molecular complexity index is 483. The molecule has 1 saturated heterocycles. The quantitative estimate of drug-likeness (QED) is 0.742. The minimum absolute atomic E-state index is 0.00853. The van der Waals surface area contributed by atoms with Gasteiger partial charge in [-0.15, -0.1) is 0 Å². The van der Waals surface area contributed by atoms with E-state index in [4.69, 9.17) is 5.26 Å². The Labute approximate surface area is 101 Å². The third-order valence-corrected chi connectivity index (χ3v) is 3.08. The lowest BCUT2D eigenvalue weighted by Gasteiger charge is -2.15. The van der Waals surface area contributed by atoms with E-state index in [1.54, 1.807) is 12.1 Å². The summed E-state index contributed by atoms with van der Waals surface area (Å²) in [5.41, 5.74) is 0.495. The molecule has 1 aromatic carbocycles. The largest absolute Gasteiger partial charge is 0.311 e. The summed E-state index contributed by atoms with van der Waals surface area (Å²) < 4.78 is 13.4. The smallest absolute Gasteiger partial charge is 0.228 e. The Kier molecular flexibility index (Phi) is 2.92. The topological polar surface area (TPSA) is 44.1 Å². The molecule has 3 nitrogen and oxygen atoms in total. The van der Waals surface area contributed by atoms with Gasteiger partial charge in [0.1, 0.15) is 11.9 Å². The van der Waals surface area contributed by atoms with Gasteiger partial charge in [-0.3, -0.25) is 4.79 Å². The van der Waals surface area contributed by atoms with Crippen LogP contribution >= 0.6 is 15.9 Å². The summed E-state index contributed by atoms with van der Waals surface area (Å²) in [5.74, 6) is -0.628. The molecular formula is C11H8BrFN2O. The standard InChI is InChI=1S/C11H8BrFN2O/c12-8-3-11(16)15(6-8)9-2-1-7(5-14)10(13)4-9/h1-2,4,8H,3,6H2. The van der Waals surface area contributed by atoms with Gasteiger partial charge in [0.2, 0.25) is 5.91 Å². The second-order valence-electron chi connectivity index (χ2n) is 3.58. The van der Waals surface area contributed by atoms with Gasteiger partial charge in [0.25, 0.3) is 0 Å². The van der Waals surface area contributed by atoms with E-state index in [9.17, 15) is 9.18 Å². The Balaban J connectivity index is 2.32. The summed E-state index contributed by atoms with van der Waals surface area (Å²) in [5, 5.41) is 8.59. The predicted molar refractivity (Wildman–Crippen MR) is 60.8 cm³/mol. The molecule has 0 aliphatic carbocycles. The molecule has 0 bridgehead atoms. The van der Waals surface area contributed by atoms with Gasteiger partial charge in [-0.25, -0.2) is 4.39 Å². The number of alkyl halides is 1. The molecule has 1 heterocycles. The molecule has 1 fully saturated rings. The second-order valence-corrected chi connectivity index (χ2v) is 4.88. The highest BCUT2D eigenvalue weighted by Crippen LogP contribution is 2.26. The minimum atomic E-state index is -0.592. The number of nitriles is 1. The Morgan fingerprint density at radius 3 is 2.81 bits per heavy atom. The maximum absolute atomic E-state index is 13.4. The number of halogens is 2. The monoisotopic (exact) mass is 282 g/mol. The van der Waals surface area contributed by atoms with Crippen molar-refractivity contribution in [1.29, 1.82) is 5.26 Å². The van der Waals surface area contributed by atoms with Crippen molar-refractivity contribution in [3.63, 3.8) is 0 Å². The zero-order valence-corrected chi connectivity index (χ0v) is 9.87. The number of carbonyl (C=O) groups is 1. The zero-order chi connectivity index (χ0) is 11.7. The van der Waals surface area contributed by atoms with Gasteiger partial charge < -0.3 is 4.90 Å². The van der Waals surface area contributed by atoms with Crippen LogP contribution in [0.4, 0.5) is 10.1 Å². The maximum atomic E-state index is 13.4. The van der Waals surface area contributed by atoms with Gasteiger partial charge in [-0.1, -0.05) is 15.9 Å². The summed E-state index contributed by atoms with van der Waals surface area (Å²) in [6, 6.07) is 5.95. The lowest BCUT2D eigenvalue weighted by atomic mass is 10.2. The molecule has 1 aliphatic heterocycles. The van der Waals surface area contributed by atoms with Gasteiger partial charge in [0, 0.05) is 23.5 Å². The van der Waals surface area contributed by atoms with Crippen LogP contribution in [0.25, 0.3) is 0 Å². The van der Waals surface area contributed by atoms with Gasteiger partial charge in [0.05, 0.1) is 5.56 Å². The highest BCUT2D eigenvalue weighted by Gasteiger charge is 2.29. The van der Waals surface area contributed by atoms with Crippen molar-refractivity contribution in [3.05, 3.63) is 29.6 Å². The van der Waals surface area contributed by atoms with Crippen LogP contribution in [-0.4, -0.2) is 17.3 Å². The first-order valence-corrected chi connectivity index (χ1v) is 5.67.